The number of nitrogen functional groups attached to an aromatic ring is 1. The first kappa shape index (κ1) is 15.1. The van der Waals surface area contributed by atoms with Crippen molar-refractivity contribution < 1.29 is 9.90 Å². The number of β-amino-alcohol motifs (C(OH)–C–C–N with tert-alkyl or cyclic N) is 1. The fourth-order valence-corrected chi connectivity index (χ4v) is 3.20. The standard InChI is InChI=1S/C13H22N4O2S/c1-13(2,3)16-12-15-10(14)9(20-12)11(19)17-6-4-5-8(18)7-17/h8,18H,4-7,14H2,1-3H3,(H,15,16). The molecule has 112 valence electrons. The number of piperidine rings is 1. The van der Waals surface area contributed by atoms with Crippen molar-refractivity contribution >= 4 is 28.2 Å². The number of aliphatic hydroxyl groups excluding tert-OH is 1. The summed E-state index contributed by atoms with van der Waals surface area (Å²) >= 11 is 1.27. The van der Waals surface area contributed by atoms with Crippen molar-refractivity contribution in [1.82, 2.24) is 9.88 Å². The van der Waals surface area contributed by atoms with Crippen molar-refractivity contribution in [3.8, 4) is 0 Å². The molecule has 1 saturated heterocycles. The van der Waals surface area contributed by atoms with Crippen LogP contribution in [0.25, 0.3) is 0 Å². The molecule has 0 saturated carbocycles. The number of hydrogen-bond acceptors (Lipinski definition) is 6. The number of nitrogens with zero attached hydrogens (tertiary/aromatic N) is 2. The van der Waals surface area contributed by atoms with Crippen LogP contribution in [0.4, 0.5) is 10.9 Å². The second kappa shape index (κ2) is 5.57. The smallest absolute Gasteiger partial charge is 0.267 e. The van der Waals surface area contributed by atoms with Crippen LogP contribution >= 0.6 is 11.3 Å². The van der Waals surface area contributed by atoms with Gasteiger partial charge in [-0.25, -0.2) is 4.98 Å². The third kappa shape index (κ3) is 3.61. The van der Waals surface area contributed by atoms with Gasteiger partial charge >= 0.3 is 0 Å². The molecule has 20 heavy (non-hydrogen) atoms. The molecule has 1 fully saturated rings. The lowest BCUT2D eigenvalue weighted by molar-refractivity contribution is 0.0478. The second-order valence-corrected chi connectivity index (χ2v) is 7.15. The summed E-state index contributed by atoms with van der Waals surface area (Å²) in [4.78, 5) is 18.7. The van der Waals surface area contributed by atoms with E-state index < -0.39 is 6.10 Å². The zero-order valence-electron chi connectivity index (χ0n) is 12.1. The van der Waals surface area contributed by atoms with Crippen LogP contribution in [0.5, 0.6) is 0 Å². The number of carbonyl (C=O) groups is 1. The van der Waals surface area contributed by atoms with E-state index in [-0.39, 0.29) is 17.3 Å². The number of nitrogens with two attached hydrogens (primary N) is 1. The summed E-state index contributed by atoms with van der Waals surface area (Å²) < 4.78 is 0. The summed E-state index contributed by atoms with van der Waals surface area (Å²) in [5.41, 5.74) is 5.72. The molecule has 1 aliphatic rings. The SMILES string of the molecule is CC(C)(C)Nc1nc(N)c(C(=O)N2CCCC(O)C2)s1. The molecule has 0 aromatic carbocycles. The predicted molar refractivity (Wildman–Crippen MR) is 81.0 cm³/mol. The average molecular weight is 298 g/mol. The van der Waals surface area contributed by atoms with E-state index in [2.05, 4.69) is 10.3 Å². The highest BCUT2D eigenvalue weighted by atomic mass is 32.1. The Morgan fingerprint density at radius 1 is 1.55 bits per heavy atom. The van der Waals surface area contributed by atoms with E-state index in [1.807, 2.05) is 20.8 Å². The van der Waals surface area contributed by atoms with Crippen molar-refractivity contribution in [3.63, 3.8) is 0 Å². The van der Waals surface area contributed by atoms with Crippen molar-refractivity contribution in [3.05, 3.63) is 4.88 Å². The number of amides is 1. The summed E-state index contributed by atoms with van der Waals surface area (Å²) in [6.45, 7) is 7.10. The highest BCUT2D eigenvalue weighted by Gasteiger charge is 2.27. The van der Waals surface area contributed by atoms with Crippen LogP contribution in [-0.2, 0) is 0 Å². The molecule has 2 rings (SSSR count). The van der Waals surface area contributed by atoms with Crippen LogP contribution in [0.2, 0.25) is 0 Å². The van der Waals surface area contributed by atoms with Gasteiger partial charge in [0.05, 0.1) is 6.10 Å². The first-order chi connectivity index (χ1) is 9.26. The minimum Gasteiger partial charge on any atom is -0.391 e. The van der Waals surface area contributed by atoms with E-state index in [1.165, 1.54) is 11.3 Å². The molecule has 1 unspecified atom stereocenters. The molecule has 1 aliphatic heterocycles. The molecule has 1 aromatic rings. The van der Waals surface area contributed by atoms with Gasteiger partial charge in [-0.1, -0.05) is 11.3 Å². The molecule has 4 N–H and O–H groups in total. The average Bonchev–Trinajstić information content (AvgIpc) is 2.66. The molecule has 0 spiro atoms. The molecule has 1 atom stereocenters. The Labute approximate surface area is 123 Å². The van der Waals surface area contributed by atoms with Gasteiger partial charge in [-0.2, -0.15) is 0 Å². The van der Waals surface area contributed by atoms with E-state index in [4.69, 9.17) is 5.73 Å². The number of aliphatic hydroxyl groups is 1. The number of rotatable bonds is 2. The third-order valence-electron chi connectivity index (χ3n) is 3.01. The van der Waals surface area contributed by atoms with Crippen LogP contribution in [0.15, 0.2) is 0 Å². The zero-order chi connectivity index (χ0) is 14.9. The molecule has 1 aromatic heterocycles. The molecule has 6 nitrogen and oxygen atoms in total. The third-order valence-corrected chi connectivity index (χ3v) is 3.99. The van der Waals surface area contributed by atoms with Crippen molar-refractivity contribution in [2.24, 2.45) is 0 Å². The Hall–Kier alpha value is -1.34. The molecule has 1 amide bonds. The number of nitrogens with one attached hydrogen (secondary N) is 1. The van der Waals surface area contributed by atoms with Gasteiger partial charge in [0.15, 0.2) is 5.13 Å². The van der Waals surface area contributed by atoms with Crippen molar-refractivity contribution in [1.29, 1.82) is 0 Å². The van der Waals surface area contributed by atoms with Gasteiger partial charge in [0, 0.05) is 18.6 Å². The molecule has 0 bridgehead atoms. The summed E-state index contributed by atoms with van der Waals surface area (Å²) in [6, 6.07) is 0. The van der Waals surface area contributed by atoms with Gasteiger partial charge in [0.25, 0.3) is 5.91 Å². The maximum absolute atomic E-state index is 12.4. The van der Waals surface area contributed by atoms with Gasteiger partial charge < -0.3 is 21.1 Å². The largest absolute Gasteiger partial charge is 0.391 e. The van der Waals surface area contributed by atoms with Gasteiger partial charge in [0.1, 0.15) is 10.7 Å². The lowest BCUT2D eigenvalue weighted by Gasteiger charge is -2.29. The summed E-state index contributed by atoms with van der Waals surface area (Å²) in [6.07, 6.45) is 1.13. The number of thiazole rings is 1. The topological polar surface area (TPSA) is 91.5 Å². The molecular formula is C13H22N4O2S. The van der Waals surface area contributed by atoms with Gasteiger partial charge in [-0.3, -0.25) is 4.79 Å². The van der Waals surface area contributed by atoms with Gasteiger partial charge in [0.2, 0.25) is 0 Å². The molecule has 0 radical (unpaired) electrons. The van der Waals surface area contributed by atoms with Gasteiger partial charge in [-0.05, 0) is 33.6 Å². The van der Waals surface area contributed by atoms with Crippen molar-refractivity contribution in [2.45, 2.75) is 45.3 Å². The Balaban J connectivity index is 2.14. The maximum atomic E-state index is 12.4. The zero-order valence-corrected chi connectivity index (χ0v) is 13.0. The highest BCUT2D eigenvalue weighted by Crippen LogP contribution is 2.29. The van der Waals surface area contributed by atoms with E-state index in [9.17, 15) is 9.90 Å². The number of aromatic nitrogens is 1. The highest BCUT2D eigenvalue weighted by molar-refractivity contribution is 7.18. The van der Waals surface area contributed by atoms with E-state index >= 15 is 0 Å². The van der Waals surface area contributed by atoms with Gasteiger partial charge in [-0.15, -0.1) is 0 Å². The van der Waals surface area contributed by atoms with E-state index in [0.717, 1.165) is 12.8 Å². The Morgan fingerprint density at radius 2 is 2.25 bits per heavy atom. The molecular weight excluding hydrogens is 276 g/mol. The van der Waals surface area contributed by atoms with E-state index in [1.54, 1.807) is 4.90 Å². The van der Waals surface area contributed by atoms with E-state index in [0.29, 0.717) is 23.1 Å². The molecule has 2 heterocycles. The Bertz CT molecular complexity index is 495. The predicted octanol–water partition coefficient (Wildman–Crippen LogP) is 1.53. The number of anilines is 2. The van der Waals surface area contributed by atoms with Crippen LogP contribution < -0.4 is 11.1 Å². The lowest BCUT2D eigenvalue weighted by Crippen LogP contribution is -2.42. The van der Waals surface area contributed by atoms with Crippen LogP contribution in [0, 0.1) is 0 Å². The summed E-state index contributed by atoms with van der Waals surface area (Å²) in [5, 5.41) is 13.5. The quantitative estimate of drug-likeness (QED) is 0.770. The molecule has 7 heteroatoms. The number of hydrogen-bond donors (Lipinski definition) is 3. The van der Waals surface area contributed by atoms with Crippen LogP contribution in [-0.4, -0.2) is 45.6 Å². The number of carbonyl (C=O) groups excluding carboxylic acids is 1. The summed E-state index contributed by atoms with van der Waals surface area (Å²) in [7, 11) is 0. The first-order valence-corrected chi connectivity index (χ1v) is 7.60. The minimum absolute atomic E-state index is 0.133. The van der Waals surface area contributed by atoms with Crippen LogP contribution in [0.1, 0.15) is 43.3 Å². The Morgan fingerprint density at radius 3 is 2.85 bits per heavy atom. The first-order valence-electron chi connectivity index (χ1n) is 6.78. The normalized spacial score (nSPS) is 20.0. The monoisotopic (exact) mass is 298 g/mol. The number of likely N-dealkylation sites (tertiary alicyclic amines) is 1. The van der Waals surface area contributed by atoms with Crippen LogP contribution in [0.3, 0.4) is 0 Å². The fourth-order valence-electron chi connectivity index (χ4n) is 2.14. The minimum atomic E-state index is -0.436. The summed E-state index contributed by atoms with van der Waals surface area (Å²) in [5.74, 6) is 0.118. The fraction of sp³-hybridized carbons (Fsp3) is 0.692. The Kier molecular flexibility index (Phi) is 4.19. The second-order valence-electron chi connectivity index (χ2n) is 6.16. The molecule has 0 aliphatic carbocycles. The maximum Gasteiger partial charge on any atom is 0.267 e. The lowest BCUT2D eigenvalue weighted by atomic mass is 10.1. The van der Waals surface area contributed by atoms with Crippen molar-refractivity contribution in [2.75, 3.05) is 24.1 Å².